The Balaban J connectivity index is 2.21. The maximum absolute atomic E-state index is 12.9. The summed E-state index contributed by atoms with van der Waals surface area (Å²) in [4.78, 5) is 11.7. The van der Waals surface area contributed by atoms with Gasteiger partial charge < -0.3 is 0 Å². The molecule has 1 aromatic heterocycles. The summed E-state index contributed by atoms with van der Waals surface area (Å²) in [6.07, 6.45) is 1.42. The van der Waals surface area contributed by atoms with Crippen LogP contribution in [-0.2, 0) is 6.42 Å². The minimum Gasteiger partial charge on any atom is -0.292 e. The largest absolute Gasteiger partial charge is 0.292 e. The average Bonchev–Trinajstić information content (AvgIpc) is 2.76. The molecule has 2 rings (SSSR count). The molecule has 0 aliphatic rings. The number of halogens is 2. The Morgan fingerprint density at radius 1 is 1.50 bits per heavy atom. The van der Waals surface area contributed by atoms with Crippen molar-refractivity contribution in [2.45, 2.75) is 6.42 Å². The van der Waals surface area contributed by atoms with E-state index in [1.165, 1.54) is 24.4 Å². The highest BCUT2D eigenvalue weighted by Crippen LogP contribution is 2.18. The fourth-order valence-corrected chi connectivity index (χ4v) is 1.85. The first-order chi connectivity index (χ1) is 7.66. The molecule has 2 aromatic rings. The summed E-state index contributed by atoms with van der Waals surface area (Å²) < 4.78 is 20.5. The lowest BCUT2D eigenvalue weighted by molar-refractivity contribution is 0.0989. The molecule has 0 unspecified atom stereocenters. The van der Waals surface area contributed by atoms with Gasteiger partial charge in [-0.3, -0.25) is 4.79 Å². The molecule has 0 fully saturated rings. The van der Waals surface area contributed by atoms with Crippen molar-refractivity contribution >= 4 is 29.1 Å². The first-order valence-corrected chi connectivity index (χ1v) is 5.52. The quantitative estimate of drug-likeness (QED) is 0.793. The van der Waals surface area contributed by atoms with E-state index < -0.39 is 5.82 Å². The van der Waals surface area contributed by atoms with Crippen LogP contribution < -0.4 is 0 Å². The van der Waals surface area contributed by atoms with E-state index in [2.05, 4.69) is 8.75 Å². The van der Waals surface area contributed by atoms with Crippen LogP contribution in [0.1, 0.15) is 16.1 Å². The summed E-state index contributed by atoms with van der Waals surface area (Å²) in [5.41, 5.74) is 0.741. The Labute approximate surface area is 100 Å². The molecule has 82 valence electrons. The van der Waals surface area contributed by atoms with Crippen LogP contribution in [0.2, 0.25) is 5.02 Å². The highest BCUT2D eigenvalue weighted by molar-refractivity contribution is 6.99. The third-order valence-corrected chi connectivity index (χ3v) is 2.85. The Morgan fingerprint density at radius 3 is 3.00 bits per heavy atom. The lowest BCUT2D eigenvalue weighted by Gasteiger charge is -2.01. The zero-order chi connectivity index (χ0) is 11.5. The zero-order valence-corrected chi connectivity index (χ0v) is 9.56. The molecule has 0 atom stereocenters. The number of carbonyl (C=O) groups is 1. The third-order valence-electron chi connectivity index (χ3n) is 2.01. The van der Waals surface area contributed by atoms with Crippen LogP contribution >= 0.6 is 23.3 Å². The Bertz CT molecular complexity index is 516. The maximum atomic E-state index is 12.9. The van der Waals surface area contributed by atoms with Gasteiger partial charge in [-0.15, -0.1) is 0 Å². The normalized spacial score (nSPS) is 10.4. The van der Waals surface area contributed by atoms with Gasteiger partial charge in [0.25, 0.3) is 0 Å². The van der Waals surface area contributed by atoms with Crippen molar-refractivity contribution in [3.8, 4) is 0 Å². The maximum Gasteiger partial charge on any atom is 0.188 e. The van der Waals surface area contributed by atoms with Gasteiger partial charge in [0.15, 0.2) is 5.78 Å². The topological polar surface area (TPSA) is 42.9 Å². The fourth-order valence-electron chi connectivity index (χ4n) is 1.23. The molecule has 0 spiro atoms. The highest BCUT2D eigenvalue weighted by atomic mass is 35.5. The molecule has 0 aliphatic carbocycles. The van der Waals surface area contributed by atoms with Crippen LogP contribution in [0.4, 0.5) is 4.39 Å². The summed E-state index contributed by atoms with van der Waals surface area (Å²) in [7, 11) is 0. The predicted molar refractivity (Wildman–Crippen MR) is 59.4 cm³/mol. The Kier molecular flexibility index (Phi) is 3.26. The number of aromatic nitrogens is 2. The van der Waals surface area contributed by atoms with Gasteiger partial charge in [-0.1, -0.05) is 11.6 Å². The number of Topliss-reactive ketones (excluding diaryl/α,β-unsaturated/α-hetero) is 1. The molecule has 0 bridgehead atoms. The molecule has 0 radical (unpaired) electrons. The molecule has 0 aliphatic heterocycles. The average molecular weight is 257 g/mol. The summed E-state index contributed by atoms with van der Waals surface area (Å²) in [6.45, 7) is 0. The molecular weight excluding hydrogens is 251 g/mol. The molecule has 1 aromatic carbocycles. The van der Waals surface area contributed by atoms with E-state index >= 15 is 0 Å². The van der Waals surface area contributed by atoms with E-state index in [1.807, 2.05) is 0 Å². The van der Waals surface area contributed by atoms with E-state index in [9.17, 15) is 9.18 Å². The van der Waals surface area contributed by atoms with E-state index in [0.29, 0.717) is 10.6 Å². The third kappa shape index (κ3) is 2.43. The molecule has 1 heterocycles. The van der Waals surface area contributed by atoms with Crippen LogP contribution in [0, 0.1) is 5.82 Å². The molecule has 0 saturated heterocycles. The van der Waals surface area contributed by atoms with Gasteiger partial charge >= 0.3 is 0 Å². The number of benzene rings is 1. The summed E-state index contributed by atoms with van der Waals surface area (Å²) in [6, 6.07) is 3.93. The van der Waals surface area contributed by atoms with E-state index in [1.54, 1.807) is 0 Å². The molecule has 0 amide bonds. The van der Waals surface area contributed by atoms with Gasteiger partial charge in [-0.25, -0.2) is 4.39 Å². The first kappa shape index (κ1) is 11.2. The smallest absolute Gasteiger partial charge is 0.188 e. The van der Waals surface area contributed by atoms with Crippen molar-refractivity contribution in [2.75, 3.05) is 0 Å². The summed E-state index contributed by atoms with van der Waals surface area (Å²) >= 11 is 6.81. The minimum atomic E-state index is -0.413. The zero-order valence-electron chi connectivity index (χ0n) is 7.98. The first-order valence-electron chi connectivity index (χ1n) is 4.41. The predicted octanol–water partition coefficient (Wildman–Crippen LogP) is 2.76. The number of rotatable bonds is 3. The lowest BCUT2D eigenvalue weighted by atomic mass is 10.1. The van der Waals surface area contributed by atoms with Crippen LogP contribution in [0.5, 0.6) is 0 Å². The fraction of sp³-hybridized carbons (Fsp3) is 0.100. The van der Waals surface area contributed by atoms with Crippen LogP contribution in [0.3, 0.4) is 0 Å². The van der Waals surface area contributed by atoms with Crippen molar-refractivity contribution in [2.24, 2.45) is 0 Å². The van der Waals surface area contributed by atoms with Crippen molar-refractivity contribution < 1.29 is 9.18 Å². The standard InChI is InChI=1S/C10H6ClFN2OS/c11-8-2-1-7(12)3-6(8)4-10(15)9-5-13-16-14-9/h1-3,5H,4H2. The van der Waals surface area contributed by atoms with Crippen molar-refractivity contribution in [1.82, 2.24) is 8.75 Å². The number of hydrogen-bond donors (Lipinski definition) is 0. The number of carbonyl (C=O) groups excluding carboxylic acids is 1. The second kappa shape index (κ2) is 4.67. The Hall–Kier alpha value is -1.33. The molecule has 16 heavy (non-hydrogen) atoms. The van der Waals surface area contributed by atoms with Gasteiger partial charge in [-0.2, -0.15) is 8.75 Å². The number of ketones is 1. The van der Waals surface area contributed by atoms with Crippen molar-refractivity contribution in [1.29, 1.82) is 0 Å². The van der Waals surface area contributed by atoms with E-state index in [0.717, 1.165) is 11.7 Å². The lowest BCUT2D eigenvalue weighted by Crippen LogP contribution is -2.04. The summed E-state index contributed by atoms with van der Waals surface area (Å²) in [5.74, 6) is -0.634. The van der Waals surface area contributed by atoms with Gasteiger partial charge in [0, 0.05) is 11.4 Å². The SMILES string of the molecule is O=C(Cc1cc(F)ccc1Cl)c1cnsn1. The molecule has 0 saturated carbocycles. The van der Waals surface area contributed by atoms with E-state index in [4.69, 9.17) is 11.6 Å². The van der Waals surface area contributed by atoms with Crippen LogP contribution in [0.15, 0.2) is 24.4 Å². The highest BCUT2D eigenvalue weighted by Gasteiger charge is 2.12. The second-order valence-electron chi connectivity index (χ2n) is 3.13. The van der Waals surface area contributed by atoms with Gasteiger partial charge in [0.2, 0.25) is 0 Å². The molecule has 6 heteroatoms. The van der Waals surface area contributed by atoms with Gasteiger partial charge in [0.1, 0.15) is 11.5 Å². The van der Waals surface area contributed by atoms with Crippen LogP contribution in [0.25, 0.3) is 0 Å². The van der Waals surface area contributed by atoms with Gasteiger partial charge in [-0.05, 0) is 23.8 Å². The van der Waals surface area contributed by atoms with Crippen LogP contribution in [-0.4, -0.2) is 14.5 Å². The Morgan fingerprint density at radius 2 is 2.31 bits per heavy atom. The van der Waals surface area contributed by atoms with Crippen molar-refractivity contribution in [3.63, 3.8) is 0 Å². The van der Waals surface area contributed by atoms with Crippen molar-refractivity contribution in [3.05, 3.63) is 46.5 Å². The minimum absolute atomic E-state index is 0.0298. The monoisotopic (exact) mass is 256 g/mol. The second-order valence-corrected chi connectivity index (χ2v) is 4.09. The number of nitrogens with zero attached hydrogens (tertiary/aromatic N) is 2. The molecule has 3 nitrogen and oxygen atoms in total. The van der Waals surface area contributed by atoms with Gasteiger partial charge in [0.05, 0.1) is 17.9 Å². The number of hydrogen-bond acceptors (Lipinski definition) is 4. The molecule has 0 N–H and O–H groups in total. The molecular formula is C10H6ClFN2OS. The van der Waals surface area contributed by atoms with E-state index in [-0.39, 0.29) is 17.9 Å². The summed E-state index contributed by atoms with van der Waals surface area (Å²) in [5, 5.41) is 0.373.